The summed E-state index contributed by atoms with van der Waals surface area (Å²) in [7, 11) is 0. The van der Waals surface area contributed by atoms with Crippen molar-refractivity contribution in [2.24, 2.45) is 0 Å². The first-order valence-corrected chi connectivity index (χ1v) is 9.06. The number of hydrogen-bond donors (Lipinski definition) is 2. The Bertz CT molecular complexity index is 928. The zero-order valence-electron chi connectivity index (χ0n) is 13.2. The fraction of sp³-hybridized carbons (Fsp3) is 0.118. The fourth-order valence-electron chi connectivity index (χ4n) is 2.09. The Morgan fingerprint density at radius 1 is 1.20 bits per heavy atom. The van der Waals surface area contributed by atoms with E-state index in [1.165, 1.54) is 11.3 Å². The summed E-state index contributed by atoms with van der Waals surface area (Å²) >= 11 is 4.79. The third kappa shape index (κ3) is 4.34. The van der Waals surface area contributed by atoms with E-state index in [0.717, 1.165) is 14.7 Å². The molecule has 2 N–H and O–H groups in total. The van der Waals surface area contributed by atoms with Crippen LogP contribution in [0.15, 0.2) is 52.4 Å². The van der Waals surface area contributed by atoms with Crippen LogP contribution in [0, 0.1) is 0 Å². The van der Waals surface area contributed by atoms with Crippen molar-refractivity contribution in [3.8, 4) is 5.75 Å². The lowest BCUT2D eigenvalue weighted by molar-refractivity contribution is -0.128. The molecular weight excluding hydrogens is 406 g/mol. The third-order valence-corrected chi connectivity index (χ3v) is 4.66. The highest BCUT2D eigenvalue weighted by Crippen LogP contribution is 2.19. The normalized spacial score (nSPS) is 11.8. The Morgan fingerprint density at radius 2 is 2.04 bits per heavy atom. The highest BCUT2D eigenvalue weighted by Gasteiger charge is 2.16. The highest BCUT2D eigenvalue weighted by atomic mass is 79.9. The molecule has 0 unspecified atom stereocenters. The van der Waals surface area contributed by atoms with Crippen LogP contribution in [0.5, 0.6) is 5.75 Å². The van der Waals surface area contributed by atoms with Crippen molar-refractivity contribution < 1.29 is 14.3 Å². The molecular formula is C17H14BrN3O3S. The van der Waals surface area contributed by atoms with Crippen LogP contribution in [-0.4, -0.2) is 22.9 Å². The van der Waals surface area contributed by atoms with Crippen LogP contribution in [0.3, 0.4) is 0 Å². The molecule has 0 radical (unpaired) electrons. The summed E-state index contributed by atoms with van der Waals surface area (Å²) < 4.78 is 7.30. The molecule has 3 aromatic rings. The quantitative estimate of drug-likeness (QED) is 0.635. The first-order valence-electron chi connectivity index (χ1n) is 7.38. The second-order valence-electron chi connectivity index (χ2n) is 5.20. The van der Waals surface area contributed by atoms with Gasteiger partial charge in [0.05, 0.1) is 15.7 Å². The molecule has 0 aliphatic heterocycles. The minimum Gasteiger partial charge on any atom is -0.481 e. The van der Waals surface area contributed by atoms with E-state index in [-0.39, 0.29) is 0 Å². The molecule has 3 rings (SSSR count). The molecule has 128 valence electrons. The van der Waals surface area contributed by atoms with E-state index in [9.17, 15) is 9.59 Å². The van der Waals surface area contributed by atoms with Crippen molar-refractivity contribution in [3.05, 3.63) is 58.0 Å². The molecule has 0 saturated heterocycles. The fourth-order valence-corrected chi connectivity index (χ4v) is 3.18. The van der Waals surface area contributed by atoms with Gasteiger partial charge in [0.25, 0.3) is 11.8 Å². The number of carbonyl (C=O) groups is 2. The molecule has 0 aliphatic carbocycles. The largest absolute Gasteiger partial charge is 0.481 e. The van der Waals surface area contributed by atoms with Gasteiger partial charge in [0.2, 0.25) is 0 Å². The summed E-state index contributed by atoms with van der Waals surface area (Å²) in [6.45, 7) is 1.60. The van der Waals surface area contributed by atoms with Gasteiger partial charge in [-0.15, -0.1) is 11.3 Å². The molecule has 1 atom stereocenters. The van der Waals surface area contributed by atoms with Gasteiger partial charge in [-0.3, -0.25) is 20.4 Å². The van der Waals surface area contributed by atoms with Gasteiger partial charge in [-0.05, 0) is 43.3 Å². The first kappa shape index (κ1) is 17.4. The zero-order valence-corrected chi connectivity index (χ0v) is 15.6. The number of rotatable bonds is 4. The van der Waals surface area contributed by atoms with Gasteiger partial charge < -0.3 is 4.74 Å². The van der Waals surface area contributed by atoms with Crippen LogP contribution in [0.4, 0.5) is 0 Å². The van der Waals surface area contributed by atoms with Crippen LogP contribution >= 0.6 is 27.3 Å². The number of thiazole rings is 1. The number of hydrogen-bond acceptors (Lipinski definition) is 5. The van der Waals surface area contributed by atoms with Crippen molar-refractivity contribution in [1.82, 2.24) is 15.8 Å². The number of aromatic nitrogens is 1. The molecule has 0 spiro atoms. The lowest BCUT2D eigenvalue weighted by atomic mass is 10.2. The predicted octanol–water partition coefficient (Wildman–Crippen LogP) is 3.29. The lowest BCUT2D eigenvalue weighted by Gasteiger charge is -2.15. The number of halogens is 1. The molecule has 6 nitrogen and oxygen atoms in total. The summed E-state index contributed by atoms with van der Waals surface area (Å²) in [5.41, 5.74) is 7.75. The lowest BCUT2D eigenvalue weighted by Crippen LogP contribution is -2.47. The van der Waals surface area contributed by atoms with E-state index >= 15 is 0 Å². The van der Waals surface area contributed by atoms with Gasteiger partial charge in [0, 0.05) is 10.0 Å². The Hall–Kier alpha value is -2.45. The topological polar surface area (TPSA) is 80.3 Å². The summed E-state index contributed by atoms with van der Waals surface area (Å²) in [6, 6.07) is 12.3. The first-order chi connectivity index (χ1) is 12.0. The summed E-state index contributed by atoms with van der Waals surface area (Å²) in [6.07, 6.45) is -0.765. The number of amides is 2. The molecule has 0 fully saturated rings. The predicted molar refractivity (Wildman–Crippen MR) is 99.5 cm³/mol. The summed E-state index contributed by atoms with van der Waals surface area (Å²) in [5, 5.41) is 0. The van der Waals surface area contributed by atoms with E-state index in [2.05, 4.69) is 31.8 Å². The number of benzene rings is 2. The zero-order chi connectivity index (χ0) is 17.8. The minimum absolute atomic E-state index is 0.404. The van der Waals surface area contributed by atoms with E-state index in [4.69, 9.17) is 4.74 Å². The van der Waals surface area contributed by atoms with Gasteiger partial charge in [-0.1, -0.05) is 22.0 Å². The molecule has 0 saturated carbocycles. The van der Waals surface area contributed by atoms with Gasteiger partial charge >= 0.3 is 0 Å². The number of fused-ring (bicyclic) bond motifs is 1. The molecule has 0 bridgehead atoms. The molecule has 2 aromatic carbocycles. The highest BCUT2D eigenvalue weighted by molar-refractivity contribution is 9.10. The number of nitrogens with zero attached hydrogens (tertiary/aromatic N) is 1. The van der Waals surface area contributed by atoms with Crippen molar-refractivity contribution in [3.63, 3.8) is 0 Å². The summed E-state index contributed by atoms with van der Waals surface area (Å²) in [4.78, 5) is 28.4. The van der Waals surface area contributed by atoms with Gasteiger partial charge in [0.15, 0.2) is 6.10 Å². The maximum Gasteiger partial charge on any atom is 0.279 e. The average Bonchev–Trinajstić information content (AvgIpc) is 3.07. The Labute approximate surface area is 156 Å². The number of ether oxygens (including phenoxy) is 1. The SMILES string of the molecule is C[C@@H](Oc1cccc(Br)c1)C(=O)NNC(=O)c1ccc2ncsc2c1. The van der Waals surface area contributed by atoms with Crippen LogP contribution in [0.2, 0.25) is 0 Å². The molecule has 0 aliphatic rings. The smallest absolute Gasteiger partial charge is 0.279 e. The Balaban J connectivity index is 1.56. The standard InChI is InChI=1S/C17H14BrN3O3S/c1-10(24-13-4-2-3-12(18)8-13)16(22)20-21-17(23)11-5-6-14-15(7-11)25-9-19-14/h2-10H,1H3,(H,20,22)(H,21,23)/t10-/m1/s1. The maximum absolute atomic E-state index is 12.2. The van der Waals surface area contributed by atoms with E-state index < -0.39 is 17.9 Å². The Morgan fingerprint density at radius 3 is 2.84 bits per heavy atom. The molecule has 2 amide bonds. The number of hydrazine groups is 1. The van der Waals surface area contributed by atoms with Crippen molar-refractivity contribution in [2.75, 3.05) is 0 Å². The second kappa shape index (κ2) is 7.62. The van der Waals surface area contributed by atoms with Crippen LogP contribution in [-0.2, 0) is 4.79 Å². The number of nitrogens with one attached hydrogen (secondary N) is 2. The maximum atomic E-state index is 12.2. The van der Waals surface area contributed by atoms with Crippen LogP contribution < -0.4 is 15.6 Å². The van der Waals surface area contributed by atoms with Gasteiger partial charge in [0.1, 0.15) is 5.75 Å². The van der Waals surface area contributed by atoms with Crippen molar-refractivity contribution in [1.29, 1.82) is 0 Å². The second-order valence-corrected chi connectivity index (χ2v) is 7.00. The van der Waals surface area contributed by atoms with Gasteiger partial charge in [-0.2, -0.15) is 0 Å². The summed E-state index contributed by atoms with van der Waals surface area (Å²) in [5.74, 6) is -0.301. The molecule has 1 heterocycles. The third-order valence-electron chi connectivity index (χ3n) is 3.37. The molecule has 25 heavy (non-hydrogen) atoms. The minimum atomic E-state index is -0.765. The Kier molecular flexibility index (Phi) is 5.30. The average molecular weight is 420 g/mol. The van der Waals surface area contributed by atoms with E-state index in [1.54, 1.807) is 48.8 Å². The molecule has 8 heteroatoms. The van der Waals surface area contributed by atoms with E-state index in [1.807, 2.05) is 6.07 Å². The van der Waals surface area contributed by atoms with Gasteiger partial charge in [-0.25, -0.2) is 4.98 Å². The number of carbonyl (C=O) groups excluding carboxylic acids is 2. The monoisotopic (exact) mass is 419 g/mol. The molecule has 1 aromatic heterocycles. The van der Waals surface area contributed by atoms with Crippen molar-refractivity contribution in [2.45, 2.75) is 13.0 Å². The van der Waals surface area contributed by atoms with Crippen LogP contribution in [0.1, 0.15) is 17.3 Å². The van der Waals surface area contributed by atoms with Crippen molar-refractivity contribution >= 4 is 49.3 Å². The van der Waals surface area contributed by atoms with E-state index in [0.29, 0.717) is 11.3 Å². The van der Waals surface area contributed by atoms with Crippen LogP contribution in [0.25, 0.3) is 10.2 Å².